The summed E-state index contributed by atoms with van der Waals surface area (Å²) in [6, 6.07) is 18.3. The molecule has 0 spiro atoms. The van der Waals surface area contributed by atoms with E-state index in [4.69, 9.17) is 21.1 Å². The van der Waals surface area contributed by atoms with E-state index in [0.29, 0.717) is 17.9 Å². The summed E-state index contributed by atoms with van der Waals surface area (Å²) < 4.78 is 39.4. The number of sulfonamides is 1. The number of carbonyl (C=O) groups excluding carboxylic acids is 2. The van der Waals surface area contributed by atoms with Gasteiger partial charge in [0.15, 0.2) is 0 Å². The van der Waals surface area contributed by atoms with Gasteiger partial charge in [0, 0.05) is 10.7 Å². The molecule has 0 bridgehead atoms. The van der Waals surface area contributed by atoms with E-state index in [1.165, 1.54) is 37.4 Å². The third-order valence-electron chi connectivity index (χ3n) is 5.43. The lowest BCUT2D eigenvalue weighted by atomic mass is 10.1. The highest BCUT2D eigenvalue weighted by Crippen LogP contribution is 2.27. The fraction of sp³-hybridized carbons (Fsp3) is 0.259. The number of unbranched alkanes of at least 4 members (excludes halogenated alkanes) is 1. The average molecular weight is 545 g/mol. The number of hydrogen-bond donors (Lipinski definition) is 2. The molecule has 3 aromatic carbocycles. The molecule has 8 nitrogen and oxygen atoms in total. The number of anilines is 1. The SMILES string of the molecule is CCCCOC(=O)c1ccc(NC(=O)[C@H](Cc2ccccc2)NS(=O)(=O)c2cc(Cl)ccc2OC)cc1. The van der Waals surface area contributed by atoms with Crippen LogP contribution in [0.4, 0.5) is 5.69 Å². The van der Waals surface area contributed by atoms with Gasteiger partial charge in [0.25, 0.3) is 0 Å². The van der Waals surface area contributed by atoms with Gasteiger partial charge in [0.1, 0.15) is 16.7 Å². The molecule has 0 aromatic heterocycles. The van der Waals surface area contributed by atoms with E-state index in [-0.39, 0.29) is 22.1 Å². The van der Waals surface area contributed by atoms with Gasteiger partial charge in [0.2, 0.25) is 15.9 Å². The first kappa shape index (κ1) is 28.2. The van der Waals surface area contributed by atoms with Crippen LogP contribution in [0, 0.1) is 0 Å². The summed E-state index contributed by atoms with van der Waals surface area (Å²) in [5.74, 6) is -0.930. The van der Waals surface area contributed by atoms with Gasteiger partial charge in [-0.15, -0.1) is 0 Å². The van der Waals surface area contributed by atoms with Gasteiger partial charge >= 0.3 is 5.97 Å². The molecular weight excluding hydrogens is 516 g/mol. The molecular formula is C27H29ClN2O6S. The van der Waals surface area contributed by atoms with E-state index in [2.05, 4.69) is 10.0 Å². The minimum absolute atomic E-state index is 0.0939. The summed E-state index contributed by atoms with van der Waals surface area (Å²) in [4.78, 5) is 25.2. The Balaban J connectivity index is 1.81. The van der Waals surface area contributed by atoms with Crippen LogP contribution in [0.3, 0.4) is 0 Å². The van der Waals surface area contributed by atoms with E-state index in [1.54, 1.807) is 36.4 Å². The Kier molecular flexibility index (Phi) is 10.1. The number of esters is 1. The molecule has 1 atom stereocenters. The minimum Gasteiger partial charge on any atom is -0.495 e. The van der Waals surface area contributed by atoms with E-state index in [1.807, 2.05) is 13.0 Å². The lowest BCUT2D eigenvalue weighted by Crippen LogP contribution is -2.45. The maximum atomic E-state index is 13.3. The van der Waals surface area contributed by atoms with Crippen LogP contribution in [0.5, 0.6) is 5.75 Å². The van der Waals surface area contributed by atoms with Crippen LogP contribution in [0.15, 0.2) is 77.7 Å². The predicted octanol–water partition coefficient (Wildman–Crippen LogP) is 4.83. The number of halogens is 1. The normalized spacial score (nSPS) is 12.0. The molecule has 0 radical (unpaired) electrons. The standard InChI is InChI=1S/C27H29ClN2O6S/c1-3-4-16-36-27(32)20-10-13-22(14-11-20)29-26(31)23(17-19-8-6-5-7-9-19)30-37(33,34)25-18-21(28)12-15-24(25)35-2/h5-15,18,23,30H,3-4,16-17H2,1-2H3,(H,29,31)/t23-/m0/s1. The van der Waals surface area contributed by atoms with Gasteiger partial charge in [0.05, 0.1) is 19.3 Å². The molecule has 0 aliphatic carbocycles. The van der Waals surface area contributed by atoms with Crippen LogP contribution >= 0.6 is 11.6 Å². The Hall–Kier alpha value is -3.40. The maximum absolute atomic E-state index is 13.3. The summed E-state index contributed by atoms with van der Waals surface area (Å²) in [6.45, 7) is 2.34. The average Bonchev–Trinajstić information content (AvgIpc) is 2.89. The van der Waals surface area contributed by atoms with E-state index >= 15 is 0 Å². The lowest BCUT2D eigenvalue weighted by Gasteiger charge is -2.20. The predicted molar refractivity (Wildman–Crippen MR) is 143 cm³/mol. The number of hydrogen-bond acceptors (Lipinski definition) is 6. The van der Waals surface area contributed by atoms with Crippen molar-refractivity contribution >= 4 is 39.2 Å². The summed E-state index contributed by atoms with van der Waals surface area (Å²) in [5.41, 5.74) is 1.50. The summed E-state index contributed by atoms with van der Waals surface area (Å²) in [7, 11) is -2.85. The quantitative estimate of drug-likeness (QED) is 0.249. The van der Waals surface area contributed by atoms with Crippen molar-refractivity contribution in [1.82, 2.24) is 4.72 Å². The van der Waals surface area contributed by atoms with Crippen LogP contribution in [-0.2, 0) is 26.0 Å². The molecule has 196 valence electrons. The second kappa shape index (κ2) is 13.2. The van der Waals surface area contributed by atoms with Crippen molar-refractivity contribution in [2.75, 3.05) is 19.0 Å². The van der Waals surface area contributed by atoms with E-state index in [9.17, 15) is 18.0 Å². The van der Waals surface area contributed by atoms with Gasteiger partial charge in [-0.2, -0.15) is 4.72 Å². The van der Waals surface area contributed by atoms with E-state index < -0.39 is 27.9 Å². The zero-order chi connectivity index (χ0) is 26.8. The highest BCUT2D eigenvalue weighted by molar-refractivity contribution is 7.89. The van der Waals surface area contributed by atoms with Crippen molar-refractivity contribution in [3.8, 4) is 5.75 Å². The Labute approximate surface area is 222 Å². The number of carbonyl (C=O) groups is 2. The molecule has 0 unspecified atom stereocenters. The van der Waals surface area contributed by atoms with Crippen molar-refractivity contribution < 1.29 is 27.5 Å². The van der Waals surface area contributed by atoms with Crippen LogP contribution < -0.4 is 14.8 Å². The van der Waals surface area contributed by atoms with Gasteiger partial charge in [-0.1, -0.05) is 55.3 Å². The van der Waals surface area contributed by atoms with Crippen LogP contribution in [0.1, 0.15) is 35.7 Å². The number of nitrogens with one attached hydrogen (secondary N) is 2. The number of methoxy groups -OCH3 is 1. The minimum atomic E-state index is -4.19. The smallest absolute Gasteiger partial charge is 0.338 e. The molecule has 3 rings (SSSR count). The number of benzene rings is 3. The Morgan fingerprint density at radius 3 is 2.35 bits per heavy atom. The van der Waals surface area contributed by atoms with Crippen molar-refractivity contribution in [3.05, 3.63) is 88.9 Å². The largest absolute Gasteiger partial charge is 0.495 e. The van der Waals surface area contributed by atoms with Crippen LogP contribution in [0.25, 0.3) is 0 Å². The van der Waals surface area contributed by atoms with Gasteiger partial charge in [-0.3, -0.25) is 4.79 Å². The van der Waals surface area contributed by atoms with E-state index in [0.717, 1.165) is 18.4 Å². The Morgan fingerprint density at radius 2 is 1.70 bits per heavy atom. The fourth-order valence-electron chi connectivity index (χ4n) is 3.46. The maximum Gasteiger partial charge on any atom is 0.338 e. The van der Waals surface area contributed by atoms with Crippen LogP contribution in [0.2, 0.25) is 5.02 Å². The first-order valence-electron chi connectivity index (χ1n) is 11.7. The monoisotopic (exact) mass is 544 g/mol. The molecule has 37 heavy (non-hydrogen) atoms. The van der Waals surface area contributed by atoms with Crippen molar-refractivity contribution in [3.63, 3.8) is 0 Å². The molecule has 0 fully saturated rings. The molecule has 0 heterocycles. The first-order chi connectivity index (χ1) is 17.7. The molecule has 1 amide bonds. The second-order valence-electron chi connectivity index (χ2n) is 8.21. The zero-order valence-electron chi connectivity index (χ0n) is 20.6. The number of ether oxygens (including phenoxy) is 2. The third kappa shape index (κ3) is 8.04. The van der Waals surface area contributed by atoms with Gasteiger partial charge in [-0.05, 0) is 60.9 Å². The van der Waals surface area contributed by atoms with Gasteiger partial charge in [-0.25, -0.2) is 13.2 Å². The van der Waals surface area contributed by atoms with Crippen molar-refractivity contribution in [2.45, 2.75) is 37.1 Å². The second-order valence-corrected chi connectivity index (χ2v) is 10.3. The third-order valence-corrected chi connectivity index (χ3v) is 7.16. The molecule has 10 heteroatoms. The van der Waals surface area contributed by atoms with Gasteiger partial charge < -0.3 is 14.8 Å². The molecule has 0 saturated heterocycles. The molecule has 0 aliphatic heterocycles. The van der Waals surface area contributed by atoms with Crippen LogP contribution in [-0.4, -0.2) is 40.1 Å². The topological polar surface area (TPSA) is 111 Å². The van der Waals surface area contributed by atoms with Crippen molar-refractivity contribution in [2.24, 2.45) is 0 Å². The summed E-state index contributed by atoms with van der Waals surface area (Å²) in [6.07, 6.45) is 1.78. The Bertz CT molecular complexity index is 1310. The Morgan fingerprint density at radius 1 is 1.00 bits per heavy atom. The number of amides is 1. The molecule has 0 saturated carbocycles. The first-order valence-corrected chi connectivity index (χ1v) is 13.6. The summed E-state index contributed by atoms with van der Waals surface area (Å²) in [5, 5.41) is 2.93. The molecule has 0 aliphatic rings. The lowest BCUT2D eigenvalue weighted by molar-refractivity contribution is -0.117. The summed E-state index contributed by atoms with van der Waals surface area (Å²) >= 11 is 6.03. The zero-order valence-corrected chi connectivity index (χ0v) is 22.1. The fourth-order valence-corrected chi connectivity index (χ4v) is 5.09. The number of rotatable bonds is 12. The van der Waals surface area contributed by atoms with Crippen molar-refractivity contribution in [1.29, 1.82) is 0 Å². The highest BCUT2D eigenvalue weighted by atomic mass is 35.5. The molecule has 3 aromatic rings. The highest BCUT2D eigenvalue weighted by Gasteiger charge is 2.28. The molecule has 2 N–H and O–H groups in total.